The minimum atomic E-state index is -0.639. The normalized spacial score (nSPS) is 22.2. The molecule has 1 aromatic rings. The molecule has 1 aliphatic carbocycles. The molecule has 1 N–H and O–H groups in total. The topological polar surface area (TPSA) is 37.3 Å². The summed E-state index contributed by atoms with van der Waals surface area (Å²) in [7, 11) is 0. The molecule has 2 nitrogen and oxygen atoms in total. The molecule has 1 aromatic carbocycles. The van der Waals surface area contributed by atoms with Gasteiger partial charge in [0.1, 0.15) is 0 Å². The molecular formula is C16H22O2. The van der Waals surface area contributed by atoms with Gasteiger partial charge in [0.25, 0.3) is 0 Å². The van der Waals surface area contributed by atoms with Gasteiger partial charge in [-0.3, -0.25) is 4.79 Å². The quantitative estimate of drug-likeness (QED) is 0.858. The Morgan fingerprint density at radius 2 is 2.00 bits per heavy atom. The number of rotatable bonds is 5. The number of carbonyl (C=O) groups is 1. The van der Waals surface area contributed by atoms with Crippen LogP contribution in [0.1, 0.15) is 50.7 Å². The van der Waals surface area contributed by atoms with Gasteiger partial charge in [-0.05, 0) is 36.3 Å². The second-order valence-electron chi connectivity index (χ2n) is 5.43. The largest absolute Gasteiger partial charge is 0.481 e. The summed E-state index contributed by atoms with van der Waals surface area (Å²) in [6, 6.07) is 8.06. The summed E-state index contributed by atoms with van der Waals surface area (Å²) >= 11 is 0. The van der Waals surface area contributed by atoms with Gasteiger partial charge in [-0.1, -0.05) is 51.0 Å². The lowest BCUT2D eigenvalue weighted by molar-refractivity contribution is -0.144. The molecule has 1 aliphatic rings. The van der Waals surface area contributed by atoms with Crippen molar-refractivity contribution < 1.29 is 9.90 Å². The molecular weight excluding hydrogens is 224 g/mol. The van der Waals surface area contributed by atoms with Gasteiger partial charge in [0.05, 0.1) is 5.41 Å². The minimum Gasteiger partial charge on any atom is -0.481 e. The Kier molecular flexibility index (Phi) is 3.74. The highest BCUT2D eigenvalue weighted by atomic mass is 16.4. The van der Waals surface area contributed by atoms with Crippen molar-refractivity contribution in [2.24, 2.45) is 5.92 Å². The highest BCUT2D eigenvalue weighted by molar-refractivity contribution is 5.83. The Morgan fingerprint density at radius 1 is 1.33 bits per heavy atom. The number of hydrogen-bond donors (Lipinski definition) is 1. The molecule has 1 atom stereocenters. The second kappa shape index (κ2) is 5.13. The molecule has 0 bridgehead atoms. The van der Waals surface area contributed by atoms with Crippen LogP contribution in [0.4, 0.5) is 0 Å². The van der Waals surface area contributed by atoms with Crippen LogP contribution >= 0.6 is 0 Å². The summed E-state index contributed by atoms with van der Waals surface area (Å²) in [6.07, 6.45) is 4.58. The van der Waals surface area contributed by atoms with Crippen molar-refractivity contribution in [3.8, 4) is 0 Å². The highest BCUT2D eigenvalue weighted by Gasteiger charge is 2.46. The van der Waals surface area contributed by atoms with Crippen LogP contribution in [-0.4, -0.2) is 11.1 Å². The zero-order chi connectivity index (χ0) is 13.2. The molecule has 0 amide bonds. The maximum Gasteiger partial charge on any atom is 0.314 e. The lowest BCUT2D eigenvalue weighted by atomic mass is 9.73. The average molecular weight is 246 g/mol. The first-order chi connectivity index (χ1) is 8.64. The maximum absolute atomic E-state index is 11.9. The van der Waals surface area contributed by atoms with Gasteiger partial charge in [-0.25, -0.2) is 0 Å². The lowest BCUT2D eigenvalue weighted by Gasteiger charge is -2.29. The van der Waals surface area contributed by atoms with Crippen molar-refractivity contribution >= 4 is 5.97 Å². The fourth-order valence-electron chi connectivity index (χ4n) is 3.28. The molecule has 2 heteroatoms. The van der Waals surface area contributed by atoms with E-state index in [0.717, 1.165) is 37.7 Å². The molecule has 0 spiro atoms. The predicted octanol–water partition coefficient (Wildman–Crippen LogP) is 3.78. The number of aryl methyl sites for hydroxylation is 1. The van der Waals surface area contributed by atoms with Crippen LogP contribution in [-0.2, 0) is 16.6 Å². The summed E-state index contributed by atoms with van der Waals surface area (Å²) in [4.78, 5) is 11.9. The molecule has 98 valence electrons. The fourth-order valence-corrected chi connectivity index (χ4v) is 3.28. The Bertz CT molecular complexity index is 434. The van der Waals surface area contributed by atoms with Crippen LogP contribution in [0, 0.1) is 5.92 Å². The smallest absolute Gasteiger partial charge is 0.314 e. The van der Waals surface area contributed by atoms with E-state index in [0.29, 0.717) is 5.92 Å². The SMILES string of the molecule is CCC(CC)CC1(C(=O)O)CCc2ccccc21. The van der Waals surface area contributed by atoms with Crippen LogP contribution in [0.25, 0.3) is 0 Å². The average Bonchev–Trinajstić information content (AvgIpc) is 2.76. The third-order valence-corrected chi connectivity index (χ3v) is 4.56. The zero-order valence-electron chi connectivity index (χ0n) is 11.3. The molecule has 0 saturated heterocycles. The molecule has 18 heavy (non-hydrogen) atoms. The molecule has 0 aromatic heterocycles. The molecule has 0 fully saturated rings. The van der Waals surface area contributed by atoms with E-state index < -0.39 is 11.4 Å². The van der Waals surface area contributed by atoms with Crippen LogP contribution in [0.2, 0.25) is 0 Å². The molecule has 0 saturated carbocycles. The summed E-state index contributed by atoms with van der Waals surface area (Å²) in [6.45, 7) is 4.31. The third kappa shape index (κ3) is 2.05. The molecule has 0 aliphatic heterocycles. The van der Waals surface area contributed by atoms with Crippen molar-refractivity contribution in [1.29, 1.82) is 0 Å². The summed E-state index contributed by atoms with van der Waals surface area (Å²) < 4.78 is 0. The van der Waals surface area contributed by atoms with E-state index in [-0.39, 0.29) is 0 Å². The summed E-state index contributed by atoms with van der Waals surface area (Å²) in [5, 5.41) is 9.75. The van der Waals surface area contributed by atoms with Gasteiger partial charge >= 0.3 is 5.97 Å². The molecule has 0 radical (unpaired) electrons. The Hall–Kier alpha value is -1.31. The van der Waals surface area contributed by atoms with E-state index in [2.05, 4.69) is 19.9 Å². The first-order valence-corrected chi connectivity index (χ1v) is 6.95. The Labute approximate surface area is 109 Å². The van der Waals surface area contributed by atoms with Crippen molar-refractivity contribution in [1.82, 2.24) is 0 Å². The first kappa shape index (κ1) is 13.1. The number of benzene rings is 1. The van der Waals surface area contributed by atoms with Crippen molar-refractivity contribution in [3.05, 3.63) is 35.4 Å². The van der Waals surface area contributed by atoms with E-state index in [1.807, 2.05) is 18.2 Å². The van der Waals surface area contributed by atoms with Crippen molar-refractivity contribution in [2.45, 2.75) is 51.4 Å². The third-order valence-electron chi connectivity index (χ3n) is 4.56. The van der Waals surface area contributed by atoms with E-state index >= 15 is 0 Å². The van der Waals surface area contributed by atoms with Gasteiger partial charge in [0, 0.05) is 0 Å². The zero-order valence-corrected chi connectivity index (χ0v) is 11.3. The first-order valence-electron chi connectivity index (χ1n) is 6.95. The van der Waals surface area contributed by atoms with Gasteiger partial charge in [-0.2, -0.15) is 0 Å². The van der Waals surface area contributed by atoms with Crippen LogP contribution in [0.3, 0.4) is 0 Å². The predicted molar refractivity (Wildman–Crippen MR) is 72.8 cm³/mol. The molecule has 0 heterocycles. The van der Waals surface area contributed by atoms with Crippen molar-refractivity contribution in [2.75, 3.05) is 0 Å². The highest BCUT2D eigenvalue weighted by Crippen LogP contribution is 2.44. The number of carboxylic acids is 1. The van der Waals surface area contributed by atoms with Gasteiger partial charge in [0.15, 0.2) is 0 Å². The number of aliphatic carboxylic acids is 1. The van der Waals surface area contributed by atoms with Crippen LogP contribution < -0.4 is 0 Å². The van der Waals surface area contributed by atoms with Crippen LogP contribution in [0.15, 0.2) is 24.3 Å². The van der Waals surface area contributed by atoms with Crippen molar-refractivity contribution in [3.63, 3.8) is 0 Å². The van der Waals surface area contributed by atoms with E-state index in [9.17, 15) is 9.90 Å². The molecule has 2 rings (SSSR count). The van der Waals surface area contributed by atoms with E-state index in [1.165, 1.54) is 5.56 Å². The minimum absolute atomic E-state index is 0.507. The standard InChI is InChI=1S/C16H22O2/c1-3-12(4-2)11-16(15(17)18)10-9-13-7-5-6-8-14(13)16/h5-8,12H,3-4,9-11H2,1-2H3,(H,17,18). The van der Waals surface area contributed by atoms with Crippen LogP contribution in [0.5, 0.6) is 0 Å². The number of carboxylic acid groups (broad SMARTS) is 1. The maximum atomic E-state index is 11.9. The lowest BCUT2D eigenvalue weighted by Crippen LogP contribution is -2.35. The van der Waals surface area contributed by atoms with Gasteiger partial charge in [-0.15, -0.1) is 0 Å². The molecule has 1 unspecified atom stereocenters. The second-order valence-corrected chi connectivity index (χ2v) is 5.43. The van der Waals surface area contributed by atoms with E-state index in [1.54, 1.807) is 0 Å². The Morgan fingerprint density at radius 3 is 2.61 bits per heavy atom. The van der Waals surface area contributed by atoms with E-state index in [4.69, 9.17) is 0 Å². The fraction of sp³-hybridized carbons (Fsp3) is 0.562. The number of hydrogen-bond acceptors (Lipinski definition) is 1. The summed E-state index contributed by atoms with van der Waals surface area (Å²) in [5.74, 6) is -0.133. The monoisotopic (exact) mass is 246 g/mol. The summed E-state index contributed by atoms with van der Waals surface area (Å²) in [5.41, 5.74) is 1.66. The van der Waals surface area contributed by atoms with Gasteiger partial charge < -0.3 is 5.11 Å². The Balaban J connectivity index is 2.38. The van der Waals surface area contributed by atoms with Gasteiger partial charge in [0.2, 0.25) is 0 Å². The number of fused-ring (bicyclic) bond motifs is 1.